The largest absolute Gasteiger partial charge is 0.493 e. The Morgan fingerprint density at radius 2 is 2.05 bits per heavy atom. The van der Waals surface area contributed by atoms with E-state index in [9.17, 15) is 4.79 Å². The summed E-state index contributed by atoms with van der Waals surface area (Å²) in [5.41, 5.74) is 3.54. The molecule has 0 saturated heterocycles. The van der Waals surface area contributed by atoms with Crippen molar-refractivity contribution in [1.82, 2.24) is 5.32 Å². The quantitative estimate of drug-likeness (QED) is 0.886. The summed E-state index contributed by atoms with van der Waals surface area (Å²) >= 11 is 0. The highest BCUT2D eigenvalue weighted by molar-refractivity contribution is 5.80. The van der Waals surface area contributed by atoms with Crippen LogP contribution in [0.2, 0.25) is 0 Å². The topological polar surface area (TPSA) is 38.3 Å². The fourth-order valence-corrected chi connectivity index (χ4v) is 2.99. The van der Waals surface area contributed by atoms with E-state index in [1.54, 1.807) is 0 Å². The summed E-state index contributed by atoms with van der Waals surface area (Å²) in [5, 5.41) is 3.21. The predicted octanol–water partition coefficient (Wildman–Crippen LogP) is 3.04. The maximum atomic E-state index is 12.1. The van der Waals surface area contributed by atoms with Crippen LogP contribution in [-0.2, 0) is 4.79 Å². The summed E-state index contributed by atoms with van der Waals surface area (Å²) < 4.78 is 5.77. The van der Waals surface area contributed by atoms with Crippen LogP contribution in [0, 0.1) is 19.8 Å². The van der Waals surface area contributed by atoms with Crippen molar-refractivity contribution in [2.24, 2.45) is 5.92 Å². The molecule has 0 aromatic heterocycles. The normalized spacial score (nSPS) is 22.1. The van der Waals surface area contributed by atoms with Gasteiger partial charge in [-0.2, -0.15) is 0 Å². The molecule has 0 spiro atoms. The molecular weight excluding hydrogens is 238 g/mol. The molecule has 19 heavy (non-hydrogen) atoms. The number of nitrogens with one attached hydrogen (secondary N) is 1. The number of hydrogen-bond donors (Lipinski definition) is 1. The molecule has 102 valence electrons. The molecule has 1 aromatic carbocycles. The van der Waals surface area contributed by atoms with Gasteiger partial charge in [-0.3, -0.25) is 4.79 Å². The van der Waals surface area contributed by atoms with Gasteiger partial charge < -0.3 is 10.1 Å². The highest BCUT2D eigenvalue weighted by Crippen LogP contribution is 2.36. The van der Waals surface area contributed by atoms with E-state index in [-0.39, 0.29) is 17.9 Å². The molecule has 0 radical (unpaired) electrons. The molecule has 0 bridgehead atoms. The van der Waals surface area contributed by atoms with Crippen LogP contribution >= 0.6 is 0 Å². The molecule has 1 heterocycles. The van der Waals surface area contributed by atoms with E-state index in [4.69, 9.17) is 4.74 Å². The average molecular weight is 259 g/mol. The molecule has 1 saturated carbocycles. The first-order chi connectivity index (χ1) is 9.15. The Bertz CT molecular complexity index is 506. The van der Waals surface area contributed by atoms with Gasteiger partial charge in [-0.1, -0.05) is 24.1 Å². The lowest BCUT2D eigenvalue weighted by atomic mass is 9.84. The summed E-state index contributed by atoms with van der Waals surface area (Å²) in [4.78, 5) is 12.1. The van der Waals surface area contributed by atoms with Crippen LogP contribution in [0.15, 0.2) is 12.1 Å². The zero-order valence-corrected chi connectivity index (χ0v) is 11.7. The number of fused-ring (bicyclic) bond motifs is 1. The maximum absolute atomic E-state index is 12.1. The second-order valence-electron chi connectivity index (χ2n) is 5.83. The molecule has 1 atom stereocenters. The zero-order valence-electron chi connectivity index (χ0n) is 11.7. The van der Waals surface area contributed by atoms with E-state index in [1.807, 2.05) is 0 Å². The van der Waals surface area contributed by atoms with Gasteiger partial charge in [0.15, 0.2) is 0 Å². The van der Waals surface area contributed by atoms with Crippen LogP contribution in [0.3, 0.4) is 0 Å². The first-order valence-electron chi connectivity index (χ1n) is 7.19. The van der Waals surface area contributed by atoms with Crippen LogP contribution in [-0.4, -0.2) is 12.5 Å². The van der Waals surface area contributed by atoms with Gasteiger partial charge in [0.25, 0.3) is 0 Å². The zero-order chi connectivity index (χ0) is 13.4. The number of ether oxygens (including phenoxy) is 1. The summed E-state index contributed by atoms with van der Waals surface area (Å²) in [6, 6.07) is 4.40. The number of aryl methyl sites for hydroxylation is 2. The van der Waals surface area contributed by atoms with Crippen molar-refractivity contribution in [3.8, 4) is 5.75 Å². The van der Waals surface area contributed by atoms with E-state index in [0.29, 0.717) is 6.61 Å². The SMILES string of the molecule is Cc1cc(C)c2c(c1)[C@@H](NC(=O)C1CCC1)CCO2. The molecular formula is C16H21NO2. The summed E-state index contributed by atoms with van der Waals surface area (Å²) in [7, 11) is 0. The van der Waals surface area contributed by atoms with Crippen LogP contribution in [0.5, 0.6) is 5.75 Å². The minimum atomic E-state index is 0.121. The Kier molecular flexibility index (Phi) is 3.21. The fourth-order valence-electron chi connectivity index (χ4n) is 2.99. The first-order valence-corrected chi connectivity index (χ1v) is 7.19. The molecule has 1 amide bonds. The van der Waals surface area contributed by atoms with Gasteiger partial charge in [-0.25, -0.2) is 0 Å². The van der Waals surface area contributed by atoms with Gasteiger partial charge in [-0.05, 0) is 32.3 Å². The minimum Gasteiger partial charge on any atom is -0.493 e. The van der Waals surface area contributed by atoms with Gasteiger partial charge in [0, 0.05) is 17.9 Å². The standard InChI is InChI=1S/C16H21NO2/c1-10-8-11(2)15-13(9-10)14(6-7-19-15)17-16(18)12-4-3-5-12/h8-9,12,14H,3-7H2,1-2H3,(H,17,18)/t14-/m0/s1. The van der Waals surface area contributed by atoms with Gasteiger partial charge >= 0.3 is 0 Å². The van der Waals surface area contributed by atoms with E-state index < -0.39 is 0 Å². The van der Waals surface area contributed by atoms with Gasteiger partial charge in [-0.15, -0.1) is 0 Å². The van der Waals surface area contributed by atoms with Crippen molar-refractivity contribution in [2.45, 2.75) is 45.6 Å². The average Bonchev–Trinajstić information content (AvgIpc) is 2.27. The number of carbonyl (C=O) groups excluding carboxylic acids is 1. The van der Waals surface area contributed by atoms with Crippen molar-refractivity contribution in [3.63, 3.8) is 0 Å². The molecule has 0 unspecified atom stereocenters. The molecule has 1 aliphatic carbocycles. The van der Waals surface area contributed by atoms with E-state index in [0.717, 1.165) is 36.1 Å². The van der Waals surface area contributed by atoms with Crippen LogP contribution in [0.25, 0.3) is 0 Å². The number of hydrogen-bond acceptors (Lipinski definition) is 2. The highest BCUT2D eigenvalue weighted by Gasteiger charge is 2.30. The Morgan fingerprint density at radius 3 is 2.74 bits per heavy atom. The number of benzene rings is 1. The van der Waals surface area contributed by atoms with Crippen LogP contribution in [0.1, 0.15) is 48.4 Å². The second-order valence-corrected chi connectivity index (χ2v) is 5.83. The molecule has 1 fully saturated rings. The van der Waals surface area contributed by atoms with Gasteiger partial charge in [0.05, 0.1) is 12.6 Å². The number of carbonyl (C=O) groups is 1. The van der Waals surface area contributed by atoms with E-state index in [1.165, 1.54) is 12.0 Å². The third-order valence-electron chi connectivity index (χ3n) is 4.27. The number of rotatable bonds is 2. The van der Waals surface area contributed by atoms with E-state index >= 15 is 0 Å². The fraction of sp³-hybridized carbons (Fsp3) is 0.562. The lowest BCUT2D eigenvalue weighted by Gasteiger charge is -2.31. The summed E-state index contributed by atoms with van der Waals surface area (Å²) in [6.07, 6.45) is 4.17. The van der Waals surface area contributed by atoms with Crippen molar-refractivity contribution >= 4 is 5.91 Å². The summed E-state index contributed by atoms with van der Waals surface area (Å²) in [6.45, 7) is 4.85. The Labute approximate surface area is 114 Å². The van der Waals surface area contributed by atoms with E-state index in [2.05, 4.69) is 31.3 Å². The minimum absolute atomic E-state index is 0.121. The molecule has 3 rings (SSSR count). The predicted molar refractivity (Wildman–Crippen MR) is 74.3 cm³/mol. The van der Waals surface area contributed by atoms with Crippen LogP contribution in [0.4, 0.5) is 0 Å². The lowest BCUT2D eigenvalue weighted by Crippen LogP contribution is -2.38. The van der Waals surface area contributed by atoms with Crippen LogP contribution < -0.4 is 10.1 Å². The molecule has 1 N–H and O–H groups in total. The third-order valence-corrected chi connectivity index (χ3v) is 4.27. The second kappa shape index (κ2) is 4.87. The molecule has 3 heteroatoms. The Hall–Kier alpha value is -1.51. The van der Waals surface area contributed by atoms with Crippen molar-refractivity contribution in [3.05, 3.63) is 28.8 Å². The van der Waals surface area contributed by atoms with Crippen molar-refractivity contribution < 1.29 is 9.53 Å². The third kappa shape index (κ3) is 2.34. The maximum Gasteiger partial charge on any atom is 0.223 e. The Balaban J connectivity index is 1.83. The highest BCUT2D eigenvalue weighted by atomic mass is 16.5. The Morgan fingerprint density at radius 1 is 1.26 bits per heavy atom. The summed E-state index contributed by atoms with van der Waals surface area (Å²) in [5.74, 6) is 1.44. The van der Waals surface area contributed by atoms with Crippen molar-refractivity contribution in [2.75, 3.05) is 6.61 Å². The first kappa shape index (κ1) is 12.5. The molecule has 1 aromatic rings. The molecule has 3 nitrogen and oxygen atoms in total. The lowest BCUT2D eigenvalue weighted by molar-refractivity contribution is -0.128. The molecule has 2 aliphatic rings. The number of amides is 1. The van der Waals surface area contributed by atoms with Gasteiger partial charge in [0.2, 0.25) is 5.91 Å². The van der Waals surface area contributed by atoms with Crippen molar-refractivity contribution in [1.29, 1.82) is 0 Å². The molecule has 1 aliphatic heterocycles. The smallest absolute Gasteiger partial charge is 0.223 e. The van der Waals surface area contributed by atoms with Gasteiger partial charge in [0.1, 0.15) is 5.75 Å². The monoisotopic (exact) mass is 259 g/mol.